The Kier molecular flexibility index (Phi) is 10.2. The third kappa shape index (κ3) is 8.53. The number of amides is 2. The molecule has 0 unspecified atom stereocenters. The summed E-state index contributed by atoms with van der Waals surface area (Å²) in [6.07, 6.45) is 9.78. The maximum atomic E-state index is 10.8. The van der Waals surface area contributed by atoms with E-state index in [0.717, 1.165) is 12.8 Å². The van der Waals surface area contributed by atoms with Gasteiger partial charge in [-0.2, -0.15) is 0 Å². The lowest BCUT2D eigenvalue weighted by molar-refractivity contribution is 0.126. The van der Waals surface area contributed by atoms with Crippen LogP contribution in [-0.4, -0.2) is 29.3 Å². The maximum absolute atomic E-state index is 10.8. The Morgan fingerprint density at radius 1 is 1.06 bits per heavy atom. The second kappa shape index (κ2) is 10.7. The largest absolute Gasteiger partial charge is 0.376 e. The summed E-state index contributed by atoms with van der Waals surface area (Å²) in [6, 6.07) is -0.537. The van der Waals surface area contributed by atoms with Gasteiger partial charge in [0.1, 0.15) is 6.73 Å². The Labute approximate surface area is 98.8 Å². The van der Waals surface area contributed by atoms with Gasteiger partial charge in [0.05, 0.1) is 0 Å². The lowest BCUT2D eigenvalue weighted by atomic mass is 10.1. The molecule has 0 aromatic carbocycles. The number of urea groups is 1. The molecule has 0 spiro atoms. The van der Waals surface area contributed by atoms with E-state index in [0.29, 0.717) is 6.54 Å². The number of hydrogen-bond donors (Lipinski definition) is 2. The summed E-state index contributed by atoms with van der Waals surface area (Å²) < 4.78 is 0. The Morgan fingerprint density at radius 2 is 1.56 bits per heavy atom. The summed E-state index contributed by atoms with van der Waals surface area (Å²) in [6.45, 7) is 2.51. The third-order valence-corrected chi connectivity index (χ3v) is 2.76. The Morgan fingerprint density at radius 3 is 2.00 bits per heavy atom. The Bertz CT molecular complexity index is 174. The predicted octanol–water partition coefficient (Wildman–Crippen LogP) is 2.46. The van der Waals surface area contributed by atoms with Crippen molar-refractivity contribution in [2.75, 3.05) is 13.3 Å². The highest BCUT2D eigenvalue weighted by molar-refractivity contribution is 5.71. The van der Waals surface area contributed by atoms with Crippen LogP contribution in [0.1, 0.15) is 58.3 Å². The molecule has 0 atom stereocenters. The number of nitrogens with two attached hydrogens (primary N) is 1. The summed E-state index contributed by atoms with van der Waals surface area (Å²) in [5.74, 6) is 0. The smallest absolute Gasteiger partial charge is 0.316 e. The minimum atomic E-state index is -0.537. The summed E-state index contributed by atoms with van der Waals surface area (Å²) >= 11 is 0. The fourth-order valence-corrected chi connectivity index (χ4v) is 1.69. The number of primary amides is 1. The van der Waals surface area contributed by atoms with Crippen LogP contribution >= 0.6 is 0 Å². The van der Waals surface area contributed by atoms with Gasteiger partial charge in [-0.05, 0) is 6.42 Å². The van der Waals surface area contributed by atoms with E-state index in [1.807, 2.05) is 0 Å². The van der Waals surface area contributed by atoms with Crippen molar-refractivity contribution in [3.8, 4) is 0 Å². The van der Waals surface area contributed by atoms with Crippen LogP contribution in [-0.2, 0) is 0 Å². The monoisotopic (exact) mass is 230 g/mol. The zero-order chi connectivity index (χ0) is 12.2. The van der Waals surface area contributed by atoms with Crippen molar-refractivity contribution in [2.24, 2.45) is 5.73 Å². The van der Waals surface area contributed by atoms with Crippen LogP contribution in [0.4, 0.5) is 4.79 Å². The van der Waals surface area contributed by atoms with Gasteiger partial charge in [0.15, 0.2) is 0 Å². The predicted molar refractivity (Wildman–Crippen MR) is 66.0 cm³/mol. The molecule has 0 saturated heterocycles. The second-order valence-corrected chi connectivity index (χ2v) is 4.22. The van der Waals surface area contributed by atoms with Crippen LogP contribution in [0.5, 0.6) is 0 Å². The van der Waals surface area contributed by atoms with Crippen molar-refractivity contribution in [1.82, 2.24) is 4.90 Å². The van der Waals surface area contributed by atoms with Gasteiger partial charge in [-0.1, -0.05) is 51.9 Å². The molecule has 0 heterocycles. The molecule has 0 radical (unpaired) electrons. The lowest BCUT2D eigenvalue weighted by Crippen LogP contribution is -2.37. The first-order valence-corrected chi connectivity index (χ1v) is 6.37. The summed E-state index contributed by atoms with van der Waals surface area (Å²) in [5.41, 5.74) is 5.07. The van der Waals surface area contributed by atoms with Crippen molar-refractivity contribution in [2.45, 2.75) is 58.3 Å². The summed E-state index contributed by atoms with van der Waals surface area (Å²) in [5, 5.41) is 8.82. The number of aliphatic hydroxyl groups excluding tert-OH is 1. The summed E-state index contributed by atoms with van der Waals surface area (Å²) in [4.78, 5) is 12.0. The molecule has 0 aliphatic heterocycles. The Balaban J connectivity index is 3.22. The zero-order valence-electron chi connectivity index (χ0n) is 10.5. The molecule has 4 nitrogen and oxygen atoms in total. The number of nitrogens with zero attached hydrogens (tertiary/aromatic N) is 1. The standard InChI is InChI=1S/C12H26N2O2/c1-2-3-4-5-6-7-8-9-10-14(11-15)12(13)16/h15H,2-11H2,1H3,(H2,13,16). The highest BCUT2D eigenvalue weighted by Crippen LogP contribution is 2.08. The quantitative estimate of drug-likeness (QED) is 0.447. The van der Waals surface area contributed by atoms with Gasteiger partial charge in [-0.3, -0.25) is 0 Å². The molecule has 0 aliphatic carbocycles. The SMILES string of the molecule is CCCCCCCCCCN(CO)C(N)=O. The summed E-state index contributed by atoms with van der Waals surface area (Å²) in [7, 11) is 0. The van der Waals surface area contributed by atoms with E-state index in [-0.39, 0.29) is 6.73 Å². The van der Waals surface area contributed by atoms with Gasteiger partial charge in [-0.25, -0.2) is 4.79 Å². The van der Waals surface area contributed by atoms with E-state index >= 15 is 0 Å². The lowest BCUT2D eigenvalue weighted by Gasteiger charge is -2.16. The van der Waals surface area contributed by atoms with E-state index in [1.54, 1.807) is 0 Å². The number of rotatable bonds is 10. The molecule has 96 valence electrons. The molecule has 0 aromatic heterocycles. The molecular weight excluding hydrogens is 204 g/mol. The zero-order valence-corrected chi connectivity index (χ0v) is 10.5. The van der Waals surface area contributed by atoms with Crippen molar-refractivity contribution in [1.29, 1.82) is 0 Å². The molecule has 0 aromatic rings. The van der Waals surface area contributed by atoms with Gasteiger partial charge >= 0.3 is 6.03 Å². The highest BCUT2D eigenvalue weighted by Gasteiger charge is 2.05. The third-order valence-electron chi connectivity index (χ3n) is 2.76. The van der Waals surface area contributed by atoms with Crippen molar-refractivity contribution >= 4 is 6.03 Å². The minimum Gasteiger partial charge on any atom is -0.376 e. The molecule has 16 heavy (non-hydrogen) atoms. The van der Waals surface area contributed by atoms with Gasteiger partial charge in [0.25, 0.3) is 0 Å². The van der Waals surface area contributed by atoms with Crippen molar-refractivity contribution in [3.63, 3.8) is 0 Å². The number of carbonyl (C=O) groups is 1. The average molecular weight is 230 g/mol. The van der Waals surface area contributed by atoms with Crippen molar-refractivity contribution < 1.29 is 9.90 Å². The van der Waals surface area contributed by atoms with Crippen LogP contribution in [0.25, 0.3) is 0 Å². The van der Waals surface area contributed by atoms with Gasteiger partial charge < -0.3 is 15.7 Å². The minimum absolute atomic E-state index is 0.272. The fourth-order valence-electron chi connectivity index (χ4n) is 1.69. The van der Waals surface area contributed by atoms with Crippen molar-refractivity contribution in [3.05, 3.63) is 0 Å². The molecule has 2 amide bonds. The van der Waals surface area contributed by atoms with Crippen LogP contribution in [0, 0.1) is 0 Å². The number of aliphatic hydroxyl groups is 1. The van der Waals surface area contributed by atoms with E-state index in [2.05, 4.69) is 6.92 Å². The van der Waals surface area contributed by atoms with E-state index < -0.39 is 6.03 Å². The molecule has 0 fully saturated rings. The highest BCUT2D eigenvalue weighted by atomic mass is 16.3. The number of hydrogen-bond acceptors (Lipinski definition) is 2. The maximum Gasteiger partial charge on any atom is 0.316 e. The average Bonchev–Trinajstić information content (AvgIpc) is 2.26. The number of carbonyl (C=O) groups excluding carboxylic acids is 1. The molecule has 3 N–H and O–H groups in total. The second-order valence-electron chi connectivity index (χ2n) is 4.22. The first kappa shape index (κ1) is 15.2. The van der Waals surface area contributed by atoms with Gasteiger partial charge in [0.2, 0.25) is 0 Å². The van der Waals surface area contributed by atoms with Gasteiger partial charge in [0, 0.05) is 6.54 Å². The van der Waals surface area contributed by atoms with Crippen LogP contribution in [0.15, 0.2) is 0 Å². The molecule has 0 aliphatic rings. The van der Waals surface area contributed by atoms with Crippen LogP contribution in [0.2, 0.25) is 0 Å². The van der Waals surface area contributed by atoms with Crippen LogP contribution in [0.3, 0.4) is 0 Å². The molecule has 0 rings (SSSR count). The van der Waals surface area contributed by atoms with E-state index in [9.17, 15) is 4.79 Å². The normalized spacial score (nSPS) is 10.4. The van der Waals surface area contributed by atoms with E-state index in [1.165, 1.54) is 43.4 Å². The Hall–Kier alpha value is -0.770. The fraction of sp³-hybridized carbons (Fsp3) is 0.917. The first-order chi connectivity index (χ1) is 7.72. The number of unbranched alkanes of at least 4 members (excludes halogenated alkanes) is 7. The van der Waals surface area contributed by atoms with Gasteiger partial charge in [-0.15, -0.1) is 0 Å². The van der Waals surface area contributed by atoms with E-state index in [4.69, 9.17) is 10.8 Å². The molecular formula is C12H26N2O2. The molecule has 4 heteroatoms. The molecule has 0 saturated carbocycles. The topological polar surface area (TPSA) is 66.6 Å². The van der Waals surface area contributed by atoms with Crippen LogP contribution < -0.4 is 5.73 Å². The molecule has 0 bridgehead atoms. The first-order valence-electron chi connectivity index (χ1n) is 6.37.